The van der Waals surface area contributed by atoms with E-state index in [0.29, 0.717) is 17.5 Å². The van der Waals surface area contributed by atoms with Crippen molar-refractivity contribution < 1.29 is 4.92 Å². The van der Waals surface area contributed by atoms with Crippen LogP contribution in [0.15, 0.2) is 24.3 Å². The van der Waals surface area contributed by atoms with E-state index in [2.05, 4.69) is 26.1 Å². The third-order valence-corrected chi connectivity index (χ3v) is 2.62. The van der Waals surface area contributed by atoms with Crippen molar-refractivity contribution in [3.05, 3.63) is 34.4 Å². The number of para-hydroxylation sites is 2. The van der Waals surface area contributed by atoms with E-state index in [1.54, 1.807) is 12.1 Å². The fourth-order valence-electron chi connectivity index (χ4n) is 1.95. The number of nitro benzene ring substituents is 1. The number of nitrogens with one attached hydrogen (secondary N) is 1. The van der Waals surface area contributed by atoms with E-state index < -0.39 is 0 Å². The van der Waals surface area contributed by atoms with Gasteiger partial charge in [-0.25, -0.2) is 0 Å². The summed E-state index contributed by atoms with van der Waals surface area (Å²) in [7, 11) is 0. The highest BCUT2D eigenvalue weighted by Gasteiger charge is 2.13. The number of nitrogens with zero attached hydrogens (tertiary/aromatic N) is 1. The molecular formula is C13H20N2O2. The van der Waals surface area contributed by atoms with Crippen LogP contribution in [0.2, 0.25) is 0 Å². The van der Waals surface area contributed by atoms with Gasteiger partial charge in [0, 0.05) is 12.6 Å². The van der Waals surface area contributed by atoms with Gasteiger partial charge in [0.25, 0.3) is 5.69 Å². The zero-order valence-electron chi connectivity index (χ0n) is 10.6. The predicted octanol–water partition coefficient (Wildman–Crippen LogP) is 3.69. The summed E-state index contributed by atoms with van der Waals surface area (Å²) in [5, 5.41) is 14.0. The molecule has 0 bridgehead atoms. The summed E-state index contributed by atoms with van der Waals surface area (Å²) in [5.74, 6) is 1.16. The maximum Gasteiger partial charge on any atom is 0.292 e. The summed E-state index contributed by atoms with van der Waals surface area (Å²) >= 11 is 0. The molecule has 0 spiro atoms. The minimum atomic E-state index is -0.352. The van der Waals surface area contributed by atoms with Crippen molar-refractivity contribution in [3.63, 3.8) is 0 Å². The Morgan fingerprint density at radius 3 is 2.53 bits per heavy atom. The molecule has 4 heteroatoms. The molecule has 1 N–H and O–H groups in total. The van der Waals surface area contributed by atoms with E-state index in [-0.39, 0.29) is 10.6 Å². The molecule has 0 fully saturated rings. The van der Waals surface area contributed by atoms with Gasteiger partial charge in [-0.15, -0.1) is 0 Å². The Balaban J connectivity index is 2.60. The van der Waals surface area contributed by atoms with Crippen LogP contribution < -0.4 is 5.32 Å². The predicted molar refractivity (Wildman–Crippen MR) is 70.2 cm³/mol. The molecule has 1 aromatic rings. The molecule has 0 heterocycles. The average Bonchev–Trinajstić information content (AvgIpc) is 2.25. The number of anilines is 1. The highest BCUT2D eigenvalue weighted by molar-refractivity contribution is 5.61. The lowest BCUT2D eigenvalue weighted by atomic mass is 9.99. The molecule has 0 radical (unpaired) electrons. The van der Waals surface area contributed by atoms with Crippen LogP contribution in [0, 0.1) is 22.0 Å². The van der Waals surface area contributed by atoms with Crippen molar-refractivity contribution in [2.45, 2.75) is 27.2 Å². The fourth-order valence-corrected chi connectivity index (χ4v) is 1.95. The molecule has 1 aromatic carbocycles. The normalized spacial score (nSPS) is 12.5. The highest BCUT2D eigenvalue weighted by Crippen LogP contribution is 2.23. The summed E-state index contributed by atoms with van der Waals surface area (Å²) in [6, 6.07) is 6.76. The second-order valence-electron chi connectivity index (χ2n) is 4.89. The summed E-state index contributed by atoms with van der Waals surface area (Å²) < 4.78 is 0. The van der Waals surface area contributed by atoms with Crippen LogP contribution in [-0.2, 0) is 0 Å². The van der Waals surface area contributed by atoms with E-state index in [1.807, 2.05) is 6.07 Å². The van der Waals surface area contributed by atoms with E-state index >= 15 is 0 Å². The molecule has 0 aliphatic rings. The van der Waals surface area contributed by atoms with Crippen molar-refractivity contribution >= 4 is 11.4 Å². The molecule has 0 aromatic heterocycles. The lowest BCUT2D eigenvalue weighted by Crippen LogP contribution is -2.14. The van der Waals surface area contributed by atoms with Crippen molar-refractivity contribution in [2.75, 3.05) is 11.9 Å². The van der Waals surface area contributed by atoms with Crippen LogP contribution in [-0.4, -0.2) is 11.5 Å². The van der Waals surface area contributed by atoms with Gasteiger partial charge in [0.15, 0.2) is 0 Å². The van der Waals surface area contributed by atoms with Gasteiger partial charge >= 0.3 is 0 Å². The Labute approximate surface area is 102 Å². The van der Waals surface area contributed by atoms with E-state index in [1.165, 1.54) is 6.07 Å². The maximum atomic E-state index is 10.8. The summed E-state index contributed by atoms with van der Waals surface area (Å²) in [4.78, 5) is 10.5. The molecule has 1 atom stereocenters. The molecule has 0 saturated heterocycles. The van der Waals surface area contributed by atoms with Crippen molar-refractivity contribution in [1.82, 2.24) is 0 Å². The van der Waals surface area contributed by atoms with Gasteiger partial charge in [-0.3, -0.25) is 10.1 Å². The Hall–Kier alpha value is -1.58. The molecule has 1 rings (SSSR count). The van der Waals surface area contributed by atoms with E-state index in [4.69, 9.17) is 0 Å². The summed E-state index contributed by atoms with van der Waals surface area (Å²) in [6.45, 7) is 7.29. The molecule has 0 amide bonds. The van der Waals surface area contributed by atoms with Crippen LogP contribution >= 0.6 is 0 Å². The first-order chi connectivity index (χ1) is 8.00. The molecule has 0 aliphatic heterocycles. The van der Waals surface area contributed by atoms with Crippen LogP contribution in [0.25, 0.3) is 0 Å². The average molecular weight is 236 g/mol. The SMILES string of the molecule is CC(C)CC(C)CNc1ccccc1[N+](=O)[O-]. The number of benzene rings is 1. The Morgan fingerprint density at radius 1 is 1.29 bits per heavy atom. The van der Waals surface area contributed by atoms with E-state index in [9.17, 15) is 10.1 Å². The second kappa shape index (κ2) is 6.23. The van der Waals surface area contributed by atoms with Crippen LogP contribution in [0.4, 0.5) is 11.4 Å². The zero-order valence-corrected chi connectivity index (χ0v) is 10.6. The quantitative estimate of drug-likeness (QED) is 0.605. The van der Waals surface area contributed by atoms with Gasteiger partial charge in [0.05, 0.1) is 4.92 Å². The third kappa shape index (κ3) is 4.43. The number of rotatable bonds is 6. The van der Waals surface area contributed by atoms with Crippen LogP contribution in [0.5, 0.6) is 0 Å². The van der Waals surface area contributed by atoms with Crippen LogP contribution in [0.3, 0.4) is 0 Å². The van der Waals surface area contributed by atoms with Gasteiger partial charge in [-0.1, -0.05) is 32.9 Å². The first-order valence-electron chi connectivity index (χ1n) is 5.98. The van der Waals surface area contributed by atoms with E-state index in [0.717, 1.165) is 13.0 Å². The largest absolute Gasteiger partial charge is 0.379 e. The minimum absolute atomic E-state index is 0.143. The molecule has 4 nitrogen and oxygen atoms in total. The van der Waals surface area contributed by atoms with Gasteiger partial charge in [-0.05, 0) is 24.3 Å². The lowest BCUT2D eigenvalue weighted by molar-refractivity contribution is -0.384. The standard InChI is InChI=1S/C13H20N2O2/c1-10(2)8-11(3)9-14-12-6-4-5-7-13(12)15(16)17/h4-7,10-11,14H,8-9H2,1-3H3. The van der Waals surface area contributed by atoms with Crippen molar-refractivity contribution in [3.8, 4) is 0 Å². The smallest absolute Gasteiger partial charge is 0.292 e. The van der Waals surface area contributed by atoms with Gasteiger partial charge in [0.1, 0.15) is 5.69 Å². The molecule has 1 unspecified atom stereocenters. The Morgan fingerprint density at radius 2 is 1.94 bits per heavy atom. The topological polar surface area (TPSA) is 55.2 Å². The number of hydrogen-bond acceptors (Lipinski definition) is 3. The second-order valence-corrected chi connectivity index (χ2v) is 4.89. The first-order valence-corrected chi connectivity index (χ1v) is 5.98. The third-order valence-electron chi connectivity index (χ3n) is 2.62. The summed E-state index contributed by atoms with van der Waals surface area (Å²) in [6.07, 6.45) is 1.12. The highest BCUT2D eigenvalue weighted by atomic mass is 16.6. The first kappa shape index (κ1) is 13.5. The fraction of sp³-hybridized carbons (Fsp3) is 0.538. The zero-order chi connectivity index (χ0) is 12.8. The van der Waals surface area contributed by atoms with Crippen molar-refractivity contribution in [1.29, 1.82) is 0 Å². The molecule has 17 heavy (non-hydrogen) atoms. The molecule has 94 valence electrons. The van der Waals surface area contributed by atoms with Gasteiger partial charge < -0.3 is 5.32 Å². The molecular weight excluding hydrogens is 216 g/mol. The summed E-state index contributed by atoms with van der Waals surface area (Å²) in [5.41, 5.74) is 0.748. The maximum absolute atomic E-state index is 10.8. The molecule has 0 saturated carbocycles. The number of hydrogen-bond donors (Lipinski definition) is 1. The number of nitro groups is 1. The van der Waals surface area contributed by atoms with Crippen molar-refractivity contribution in [2.24, 2.45) is 11.8 Å². The van der Waals surface area contributed by atoms with Gasteiger partial charge in [0.2, 0.25) is 0 Å². The molecule has 0 aliphatic carbocycles. The monoisotopic (exact) mass is 236 g/mol. The lowest BCUT2D eigenvalue weighted by Gasteiger charge is -2.15. The Kier molecular flexibility index (Phi) is 4.94. The Bertz CT molecular complexity index is 377. The van der Waals surface area contributed by atoms with Gasteiger partial charge in [-0.2, -0.15) is 0 Å². The van der Waals surface area contributed by atoms with Crippen LogP contribution in [0.1, 0.15) is 27.2 Å². The minimum Gasteiger partial charge on any atom is -0.379 e.